The highest BCUT2D eigenvalue weighted by Gasteiger charge is 2.41. The third-order valence-electron chi connectivity index (χ3n) is 4.82. The summed E-state index contributed by atoms with van der Waals surface area (Å²) in [5.74, 6) is -1.09. The van der Waals surface area contributed by atoms with Crippen molar-refractivity contribution in [1.29, 1.82) is 0 Å². The number of benzene rings is 2. The Morgan fingerprint density at radius 1 is 1.03 bits per heavy atom. The molecule has 0 spiro atoms. The van der Waals surface area contributed by atoms with E-state index in [2.05, 4.69) is 5.32 Å². The SMILES string of the molecule is CCCCN(C(=O)OCc1ccccc1)C1NC(=O)C(Cc2ccccc2)OC1=O. The van der Waals surface area contributed by atoms with E-state index in [4.69, 9.17) is 9.47 Å². The van der Waals surface area contributed by atoms with Crippen molar-refractivity contribution in [3.8, 4) is 0 Å². The smallest absolute Gasteiger partial charge is 0.412 e. The fourth-order valence-corrected chi connectivity index (χ4v) is 3.17. The molecule has 158 valence electrons. The third kappa shape index (κ3) is 5.59. The Bertz CT molecular complexity index is 856. The van der Waals surface area contributed by atoms with Crippen molar-refractivity contribution in [2.24, 2.45) is 0 Å². The summed E-state index contributed by atoms with van der Waals surface area (Å²) < 4.78 is 10.8. The van der Waals surface area contributed by atoms with Gasteiger partial charge >= 0.3 is 12.1 Å². The van der Waals surface area contributed by atoms with E-state index in [0.29, 0.717) is 6.42 Å². The van der Waals surface area contributed by atoms with E-state index in [-0.39, 0.29) is 19.6 Å². The first-order chi connectivity index (χ1) is 14.6. The van der Waals surface area contributed by atoms with Gasteiger partial charge in [0.2, 0.25) is 6.17 Å². The Balaban J connectivity index is 1.65. The number of carbonyl (C=O) groups is 3. The molecule has 2 unspecified atom stereocenters. The fraction of sp³-hybridized carbons (Fsp3) is 0.348. The number of hydrogen-bond donors (Lipinski definition) is 1. The summed E-state index contributed by atoms with van der Waals surface area (Å²) in [4.78, 5) is 39.1. The maximum atomic E-state index is 12.7. The van der Waals surface area contributed by atoms with E-state index in [0.717, 1.165) is 17.5 Å². The van der Waals surface area contributed by atoms with Gasteiger partial charge in [0, 0.05) is 13.0 Å². The molecule has 0 bridgehead atoms. The molecule has 1 aliphatic rings. The zero-order valence-electron chi connectivity index (χ0n) is 17.0. The normalized spacial score (nSPS) is 18.3. The van der Waals surface area contributed by atoms with Crippen LogP contribution in [0.3, 0.4) is 0 Å². The lowest BCUT2D eigenvalue weighted by Crippen LogP contribution is -2.63. The molecular weight excluding hydrogens is 384 g/mol. The van der Waals surface area contributed by atoms with Gasteiger partial charge in [-0.05, 0) is 17.5 Å². The second-order valence-electron chi connectivity index (χ2n) is 7.11. The Morgan fingerprint density at radius 3 is 2.30 bits per heavy atom. The van der Waals surface area contributed by atoms with E-state index in [1.165, 1.54) is 4.90 Å². The van der Waals surface area contributed by atoms with Gasteiger partial charge in [0.25, 0.3) is 5.91 Å². The molecule has 1 heterocycles. The minimum atomic E-state index is -1.20. The van der Waals surface area contributed by atoms with Crippen LogP contribution in [-0.2, 0) is 32.1 Å². The van der Waals surface area contributed by atoms with Crippen LogP contribution in [0.4, 0.5) is 4.79 Å². The molecule has 0 aliphatic carbocycles. The van der Waals surface area contributed by atoms with Crippen molar-refractivity contribution >= 4 is 18.0 Å². The first-order valence-corrected chi connectivity index (χ1v) is 10.1. The molecule has 1 aliphatic heterocycles. The maximum Gasteiger partial charge on any atom is 0.412 e. The molecule has 2 amide bonds. The molecule has 0 saturated carbocycles. The number of cyclic esters (lactones) is 1. The first kappa shape index (κ1) is 21.4. The van der Waals surface area contributed by atoms with E-state index in [9.17, 15) is 14.4 Å². The zero-order chi connectivity index (χ0) is 21.3. The molecular formula is C23H26N2O5. The van der Waals surface area contributed by atoms with Crippen LogP contribution < -0.4 is 5.32 Å². The molecule has 7 heteroatoms. The Morgan fingerprint density at radius 2 is 1.67 bits per heavy atom. The molecule has 2 atom stereocenters. The van der Waals surface area contributed by atoms with Gasteiger partial charge in [0.05, 0.1) is 0 Å². The van der Waals surface area contributed by atoms with Crippen LogP contribution in [-0.4, -0.2) is 41.7 Å². The topological polar surface area (TPSA) is 84.9 Å². The number of carbonyl (C=O) groups excluding carboxylic acids is 3. The van der Waals surface area contributed by atoms with Crippen molar-refractivity contribution in [1.82, 2.24) is 10.2 Å². The van der Waals surface area contributed by atoms with Crippen molar-refractivity contribution < 1.29 is 23.9 Å². The van der Waals surface area contributed by atoms with Gasteiger partial charge in [0.1, 0.15) is 6.61 Å². The number of rotatable bonds is 8. The third-order valence-corrected chi connectivity index (χ3v) is 4.82. The zero-order valence-corrected chi connectivity index (χ0v) is 17.0. The van der Waals surface area contributed by atoms with Crippen LogP contribution in [0.15, 0.2) is 60.7 Å². The van der Waals surface area contributed by atoms with E-state index in [1.54, 1.807) is 0 Å². The van der Waals surface area contributed by atoms with Gasteiger partial charge in [-0.15, -0.1) is 0 Å². The molecule has 2 aromatic carbocycles. The molecule has 30 heavy (non-hydrogen) atoms. The summed E-state index contributed by atoms with van der Waals surface area (Å²) in [6.07, 6.45) is -1.04. The van der Waals surface area contributed by atoms with E-state index in [1.807, 2.05) is 67.6 Å². The quantitative estimate of drug-likeness (QED) is 0.676. The Hall–Kier alpha value is -3.35. The number of unbranched alkanes of at least 4 members (excludes halogenated alkanes) is 1. The van der Waals surface area contributed by atoms with Gasteiger partial charge in [-0.1, -0.05) is 74.0 Å². The van der Waals surface area contributed by atoms with E-state index >= 15 is 0 Å². The predicted molar refractivity (Wildman–Crippen MR) is 110 cm³/mol. The molecule has 3 rings (SSSR count). The largest absolute Gasteiger partial charge is 0.449 e. The van der Waals surface area contributed by atoms with Crippen LogP contribution >= 0.6 is 0 Å². The number of hydrogen-bond acceptors (Lipinski definition) is 5. The standard InChI is InChI=1S/C23H26N2O5/c1-2-3-14-25(23(28)29-16-18-12-8-5-9-13-18)20-22(27)30-19(21(26)24-20)15-17-10-6-4-7-11-17/h4-13,19-20H,2-3,14-16H2,1H3,(H,24,26). The number of nitrogens with one attached hydrogen (secondary N) is 1. The summed E-state index contributed by atoms with van der Waals surface area (Å²) in [6.45, 7) is 2.32. The summed E-state index contributed by atoms with van der Waals surface area (Å²) in [7, 11) is 0. The highest BCUT2D eigenvalue weighted by atomic mass is 16.6. The molecule has 1 fully saturated rings. The molecule has 1 N–H and O–H groups in total. The molecule has 2 aromatic rings. The molecule has 1 saturated heterocycles. The summed E-state index contributed by atoms with van der Waals surface area (Å²) in [5.41, 5.74) is 1.72. The number of amides is 2. The minimum Gasteiger partial charge on any atom is -0.449 e. The van der Waals surface area contributed by atoms with Gasteiger partial charge in [0.15, 0.2) is 6.10 Å². The predicted octanol–water partition coefficient (Wildman–Crippen LogP) is 3.04. The summed E-state index contributed by atoms with van der Waals surface area (Å²) in [5, 5.41) is 2.64. The van der Waals surface area contributed by atoms with Crippen LogP contribution in [0.2, 0.25) is 0 Å². The van der Waals surface area contributed by atoms with Crippen molar-refractivity contribution in [2.75, 3.05) is 6.54 Å². The first-order valence-electron chi connectivity index (χ1n) is 10.1. The number of morpholine rings is 1. The van der Waals surface area contributed by atoms with Crippen LogP contribution in [0, 0.1) is 0 Å². The van der Waals surface area contributed by atoms with Crippen LogP contribution in [0.1, 0.15) is 30.9 Å². The lowest BCUT2D eigenvalue weighted by Gasteiger charge is -2.35. The van der Waals surface area contributed by atoms with Crippen molar-refractivity contribution in [2.45, 2.75) is 45.1 Å². The van der Waals surface area contributed by atoms with Crippen molar-refractivity contribution in [3.05, 3.63) is 71.8 Å². The van der Waals surface area contributed by atoms with Gasteiger partial charge in [-0.25, -0.2) is 9.59 Å². The maximum absolute atomic E-state index is 12.7. The number of esters is 1. The Kier molecular flexibility index (Phi) is 7.43. The lowest BCUT2D eigenvalue weighted by atomic mass is 10.1. The summed E-state index contributed by atoms with van der Waals surface area (Å²) >= 11 is 0. The highest BCUT2D eigenvalue weighted by molar-refractivity contribution is 5.94. The molecule has 0 aromatic heterocycles. The molecule has 7 nitrogen and oxygen atoms in total. The Labute approximate surface area is 176 Å². The summed E-state index contributed by atoms with van der Waals surface area (Å²) in [6, 6.07) is 18.6. The lowest BCUT2D eigenvalue weighted by molar-refractivity contribution is -0.170. The average molecular weight is 410 g/mol. The number of nitrogens with zero attached hydrogens (tertiary/aromatic N) is 1. The second-order valence-corrected chi connectivity index (χ2v) is 7.11. The van der Waals surface area contributed by atoms with E-state index < -0.39 is 30.2 Å². The van der Waals surface area contributed by atoms with Crippen LogP contribution in [0.5, 0.6) is 0 Å². The number of ether oxygens (including phenoxy) is 2. The van der Waals surface area contributed by atoms with Crippen molar-refractivity contribution in [3.63, 3.8) is 0 Å². The highest BCUT2D eigenvalue weighted by Crippen LogP contribution is 2.16. The fourth-order valence-electron chi connectivity index (χ4n) is 3.17. The van der Waals surface area contributed by atoms with Gasteiger partial charge in [-0.2, -0.15) is 0 Å². The van der Waals surface area contributed by atoms with Crippen LogP contribution in [0.25, 0.3) is 0 Å². The van der Waals surface area contributed by atoms with Gasteiger partial charge in [-0.3, -0.25) is 9.69 Å². The average Bonchev–Trinajstić information content (AvgIpc) is 2.77. The van der Waals surface area contributed by atoms with Gasteiger partial charge < -0.3 is 14.8 Å². The molecule has 0 radical (unpaired) electrons. The monoisotopic (exact) mass is 410 g/mol. The minimum absolute atomic E-state index is 0.0780. The second kappa shape index (κ2) is 10.4.